The molecule has 0 aliphatic heterocycles. The van der Waals surface area contributed by atoms with E-state index in [2.05, 4.69) is 10.6 Å². The van der Waals surface area contributed by atoms with E-state index in [1.165, 1.54) is 71.1 Å². The summed E-state index contributed by atoms with van der Waals surface area (Å²) in [6.45, 7) is 4.00. The second-order valence-corrected chi connectivity index (χ2v) is 7.40. The van der Waals surface area contributed by atoms with Gasteiger partial charge in [-0.25, -0.2) is 0 Å². The van der Waals surface area contributed by atoms with Crippen LogP contribution in [-0.2, 0) is 9.59 Å². The van der Waals surface area contributed by atoms with Gasteiger partial charge in [-0.3, -0.25) is 9.59 Å². The molecule has 2 saturated carbocycles. The van der Waals surface area contributed by atoms with Gasteiger partial charge in [0.25, 0.3) is 0 Å². The number of rotatable bonds is 5. The van der Waals surface area contributed by atoms with Crippen molar-refractivity contribution in [2.24, 2.45) is 11.3 Å². The van der Waals surface area contributed by atoms with Crippen LogP contribution in [0.2, 0.25) is 0 Å². The lowest BCUT2D eigenvalue weighted by molar-refractivity contribution is -0.128. The van der Waals surface area contributed by atoms with Gasteiger partial charge in [0.1, 0.15) is 6.04 Å². The van der Waals surface area contributed by atoms with Gasteiger partial charge in [0.15, 0.2) is 0 Å². The lowest BCUT2D eigenvalue weighted by Gasteiger charge is -2.45. The fraction of sp³-hybridized carbons (Fsp3) is 0.889. The van der Waals surface area contributed by atoms with Crippen LogP contribution in [0.15, 0.2) is 0 Å². The molecule has 0 aromatic carbocycles. The molecule has 0 aromatic rings. The number of carbonyl (C=O) groups excluding carboxylic acids is 2. The smallest absolute Gasteiger partial charge is 0.242 e. The summed E-state index contributed by atoms with van der Waals surface area (Å²) in [5.41, 5.74) is 0.310. The summed E-state index contributed by atoms with van der Waals surface area (Å²) in [7, 11) is 0. The minimum absolute atomic E-state index is 0.0454. The van der Waals surface area contributed by atoms with Gasteiger partial charge >= 0.3 is 0 Å². The maximum Gasteiger partial charge on any atom is 0.242 e. The summed E-state index contributed by atoms with van der Waals surface area (Å²) in [5.74, 6) is 0.580. The van der Waals surface area contributed by atoms with E-state index in [0.29, 0.717) is 5.41 Å². The number of hydrogen-bond donors (Lipinski definition) is 2. The van der Waals surface area contributed by atoms with E-state index < -0.39 is 6.04 Å². The Bertz CT molecular complexity index is 383. The summed E-state index contributed by atoms with van der Waals surface area (Å²) in [6, 6.07) is -0.440. The van der Waals surface area contributed by atoms with Crippen LogP contribution in [0.3, 0.4) is 0 Å². The van der Waals surface area contributed by atoms with Gasteiger partial charge in [-0.1, -0.05) is 38.5 Å². The summed E-state index contributed by atoms with van der Waals surface area (Å²) >= 11 is 0. The lowest BCUT2D eigenvalue weighted by Crippen LogP contribution is -2.50. The fourth-order valence-electron chi connectivity index (χ4n) is 4.49. The molecule has 2 rings (SSSR count). The van der Waals surface area contributed by atoms with Crippen molar-refractivity contribution in [3.63, 3.8) is 0 Å². The third-order valence-electron chi connectivity index (χ3n) is 5.75. The Morgan fingerprint density at radius 2 is 1.64 bits per heavy atom. The zero-order valence-electron chi connectivity index (χ0n) is 14.2. The predicted molar refractivity (Wildman–Crippen MR) is 88.4 cm³/mol. The summed E-state index contributed by atoms with van der Waals surface area (Å²) in [5, 5.41) is 5.81. The molecule has 0 heterocycles. The molecular weight excluding hydrogens is 276 g/mol. The van der Waals surface area contributed by atoms with Crippen molar-refractivity contribution in [1.82, 2.24) is 10.6 Å². The molecule has 2 aliphatic rings. The molecule has 2 aliphatic carbocycles. The Labute approximate surface area is 134 Å². The van der Waals surface area contributed by atoms with E-state index in [9.17, 15) is 9.59 Å². The predicted octanol–water partition coefficient (Wildman–Crippen LogP) is 3.16. The van der Waals surface area contributed by atoms with E-state index in [1.54, 1.807) is 6.92 Å². The van der Waals surface area contributed by atoms with Gasteiger partial charge in [-0.05, 0) is 43.9 Å². The molecule has 0 radical (unpaired) electrons. The number of hydrogen-bond acceptors (Lipinski definition) is 2. The van der Waals surface area contributed by atoms with Crippen molar-refractivity contribution in [3.05, 3.63) is 0 Å². The third-order valence-corrected chi connectivity index (χ3v) is 5.75. The molecule has 4 heteroatoms. The van der Waals surface area contributed by atoms with Crippen LogP contribution in [0, 0.1) is 11.3 Å². The van der Waals surface area contributed by atoms with Gasteiger partial charge < -0.3 is 10.6 Å². The number of carbonyl (C=O) groups is 2. The summed E-state index contributed by atoms with van der Waals surface area (Å²) < 4.78 is 0. The molecule has 126 valence electrons. The Morgan fingerprint density at radius 3 is 2.23 bits per heavy atom. The third kappa shape index (κ3) is 4.47. The van der Waals surface area contributed by atoms with E-state index in [4.69, 9.17) is 0 Å². The molecule has 0 unspecified atom stereocenters. The van der Waals surface area contributed by atoms with Gasteiger partial charge in [-0.2, -0.15) is 0 Å². The minimum atomic E-state index is -0.440. The van der Waals surface area contributed by atoms with Gasteiger partial charge in [0, 0.05) is 13.5 Å². The largest absolute Gasteiger partial charge is 0.354 e. The molecule has 2 N–H and O–H groups in total. The standard InChI is InChI=1S/C18H32N2O2/c1-14(20-15(2)21)17(22)19-13-18(11-7-4-8-12-18)16-9-5-3-6-10-16/h14,16H,3-13H2,1-2H3,(H,19,22)(H,20,21)/t14-/m0/s1. The normalized spacial score (nSPS) is 23.5. The quantitative estimate of drug-likeness (QED) is 0.819. The maximum absolute atomic E-state index is 12.2. The molecule has 0 bridgehead atoms. The van der Waals surface area contributed by atoms with Crippen LogP contribution in [-0.4, -0.2) is 24.4 Å². The van der Waals surface area contributed by atoms with Gasteiger partial charge in [-0.15, -0.1) is 0 Å². The number of amides is 2. The molecule has 2 amide bonds. The highest BCUT2D eigenvalue weighted by Crippen LogP contribution is 2.47. The van der Waals surface area contributed by atoms with Gasteiger partial charge in [0.05, 0.1) is 0 Å². The van der Waals surface area contributed by atoms with Crippen LogP contribution in [0.25, 0.3) is 0 Å². The molecule has 0 saturated heterocycles. The van der Waals surface area contributed by atoms with Crippen molar-refractivity contribution in [1.29, 1.82) is 0 Å². The molecule has 4 nitrogen and oxygen atoms in total. The first-order valence-electron chi connectivity index (χ1n) is 9.08. The summed E-state index contributed by atoms with van der Waals surface area (Å²) in [6.07, 6.45) is 13.2. The molecule has 0 spiro atoms. The highest BCUT2D eigenvalue weighted by atomic mass is 16.2. The first kappa shape index (κ1) is 17.3. The van der Waals surface area contributed by atoms with Crippen molar-refractivity contribution in [3.8, 4) is 0 Å². The molecule has 1 atom stereocenters. The second-order valence-electron chi connectivity index (χ2n) is 7.40. The zero-order chi connectivity index (χ0) is 16.0. The highest BCUT2D eigenvalue weighted by Gasteiger charge is 2.40. The SMILES string of the molecule is CC(=O)N[C@@H](C)C(=O)NCC1(C2CCCCC2)CCCCC1. The Balaban J connectivity index is 1.94. The fourth-order valence-corrected chi connectivity index (χ4v) is 4.49. The Kier molecular flexibility index (Phi) is 6.27. The van der Waals surface area contributed by atoms with Crippen molar-refractivity contribution in [2.45, 2.75) is 84.1 Å². The van der Waals surface area contributed by atoms with Gasteiger partial charge in [0.2, 0.25) is 11.8 Å². The van der Waals surface area contributed by atoms with Crippen LogP contribution >= 0.6 is 0 Å². The van der Waals surface area contributed by atoms with Crippen LogP contribution in [0.4, 0.5) is 0 Å². The monoisotopic (exact) mass is 308 g/mol. The van der Waals surface area contributed by atoms with Crippen molar-refractivity contribution < 1.29 is 9.59 Å². The van der Waals surface area contributed by atoms with E-state index in [0.717, 1.165) is 12.5 Å². The Morgan fingerprint density at radius 1 is 1.05 bits per heavy atom. The van der Waals surface area contributed by atoms with E-state index in [1.807, 2.05) is 0 Å². The van der Waals surface area contributed by atoms with Crippen molar-refractivity contribution in [2.75, 3.05) is 6.54 Å². The Hall–Kier alpha value is -1.06. The maximum atomic E-state index is 12.2. The molecule has 2 fully saturated rings. The average Bonchev–Trinajstić information content (AvgIpc) is 2.53. The van der Waals surface area contributed by atoms with E-state index >= 15 is 0 Å². The van der Waals surface area contributed by atoms with Crippen LogP contribution in [0.1, 0.15) is 78.1 Å². The lowest BCUT2D eigenvalue weighted by atomic mass is 9.61. The first-order valence-corrected chi connectivity index (χ1v) is 9.08. The highest BCUT2D eigenvalue weighted by molar-refractivity contribution is 5.86. The first-order chi connectivity index (χ1) is 10.5. The van der Waals surface area contributed by atoms with Crippen molar-refractivity contribution >= 4 is 11.8 Å². The zero-order valence-corrected chi connectivity index (χ0v) is 14.2. The molecule has 22 heavy (non-hydrogen) atoms. The second kappa shape index (κ2) is 7.98. The van der Waals surface area contributed by atoms with E-state index in [-0.39, 0.29) is 11.8 Å². The molecule has 0 aromatic heterocycles. The summed E-state index contributed by atoms with van der Waals surface area (Å²) in [4.78, 5) is 23.3. The van der Waals surface area contributed by atoms with Crippen LogP contribution in [0.5, 0.6) is 0 Å². The van der Waals surface area contributed by atoms with Crippen LogP contribution < -0.4 is 10.6 Å². The number of nitrogens with one attached hydrogen (secondary N) is 2. The minimum Gasteiger partial charge on any atom is -0.354 e. The topological polar surface area (TPSA) is 58.2 Å². The molecular formula is C18H32N2O2. The average molecular weight is 308 g/mol.